The summed E-state index contributed by atoms with van der Waals surface area (Å²) in [6, 6.07) is 11.8. The Morgan fingerprint density at radius 3 is 2.59 bits per heavy atom. The van der Waals surface area contributed by atoms with Gasteiger partial charge in [-0.25, -0.2) is 4.79 Å². The third-order valence-corrected chi connectivity index (χ3v) is 3.26. The van der Waals surface area contributed by atoms with Gasteiger partial charge in [0.25, 0.3) is 0 Å². The van der Waals surface area contributed by atoms with Crippen molar-refractivity contribution in [3.8, 4) is 0 Å². The number of halogens is 1. The molecule has 0 saturated carbocycles. The summed E-state index contributed by atoms with van der Waals surface area (Å²) in [5, 5.41) is 5.52. The fraction of sp³-hybridized carbons (Fsp3) is 0.278. The normalized spacial score (nSPS) is 11.8. The number of hydrogen-bond acceptors (Lipinski definition) is 2. The highest BCUT2D eigenvalue weighted by Crippen LogP contribution is 2.27. The predicted octanol–water partition coefficient (Wildman–Crippen LogP) is 5.03. The average Bonchev–Trinajstić information content (AvgIpc) is 2.42. The number of benzene rings is 2. The van der Waals surface area contributed by atoms with E-state index in [1.807, 2.05) is 69.3 Å². The van der Waals surface area contributed by atoms with Crippen molar-refractivity contribution in [2.75, 3.05) is 6.54 Å². The van der Waals surface area contributed by atoms with E-state index in [2.05, 4.69) is 5.32 Å². The minimum absolute atomic E-state index is 0.399. The molecule has 0 aliphatic heterocycles. The molecular formula is C18H20ClNO2. The molecule has 0 bridgehead atoms. The number of carbonyl (C=O) groups is 1. The Bertz CT molecular complexity index is 697. The van der Waals surface area contributed by atoms with E-state index in [1.165, 1.54) is 0 Å². The van der Waals surface area contributed by atoms with Crippen molar-refractivity contribution in [2.45, 2.75) is 26.4 Å². The molecule has 2 aromatic carbocycles. The van der Waals surface area contributed by atoms with Crippen LogP contribution in [-0.4, -0.2) is 18.2 Å². The number of amides is 1. The van der Waals surface area contributed by atoms with Crippen LogP contribution in [0.15, 0.2) is 42.5 Å². The predicted molar refractivity (Wildman–Crippen MR) is 92.2 cm³/mol. The quantitative estimate of drug-likeness (QED) is 0.862. The molecule has 2 aromatic rings. The zero-order valence-corrected chi connectivity index (χ0v) is 13.8. The molecule has 0 unspecified atom stereocenters. The highest BCUT2D eigenvalue weighted by molar-refractivity contribution is 6.36. The Balaban J connectivity index is 2.04. The largest absolute Gasteiger partial charge is 0.444 e. The Kier molecular flexibility index (Phi) is 5.09. The van der Waals surface area contributed by atoms with Gasteiger partial charge in [0, 0.05) is 17.0 Å². The molecule has 0 radical (unpaired) electrons. The molecule has 0 aromatic heterocycles. The summed E-state index contributed by atoms with van der Waals surface area (Å²) in [7, 11) is 0. The summed E-state index contributed by atoms with van der Waals surface area (Å²) in [6.07, 6.45) is 3.40. The standard InChI is InChI=1S/C18H20ClNO2/c1-18(2,3)22-17(21)20-12-6-10-14-8-4-7-13-9-5-11-15(19)16(13)14/h4-11H,12H2,1-3H3,(H,20,21). The third-order valence-electron chi connectivity index (χ3n) is 2.95. The molecule has 2 rings (SSSR count). The summed E-state index contributed by atoms with van der Waals surface area (Å²) in [4.78, 5) is 11.5. The van der Waals surface area contributed by atoms with E-state index in [0.29, 0.717) is 6.54 Å². The third kappa shape index (κ3) is 4.50. The van der Waals surface area contributed by atoms with Gasteiger partial charge in [-0.1, -0.05) is 54.1 Å². The van der Waals surface area contributed by atoms with Gasteiger partial charge in [-0.2, -0.15) is 0 Å². The number of nitrogens with one attached hydrogen (secondary N) is 1. The van der Waals surface area contributed by atoms with Crippen molar-refractivity contribution in [2.24, 2.45) is 0 Å². The number of hydrogen-bond donors (Lipinski definition) is 1. The first kappa shape index (κ1) is 16.4. The topological polar surface area (TPSA) is 38.3 Å². The lowest BCUT2D eigenvalue weighted by atomic mass is 10.0. The van der Waals surface area contributed by atoms with Gasteiger partial charge in [0.2, 0.25) is 0 Å². The maximum atomic E-state index is 11.5. The van der Waals surface area contributed by atoms with Gasteiger partial charge in [-0.15, -0.1) is 0 Å². The maximum absolute atomic E-state index is 11.5. The summed E-state index contributed by atoms with van der Waals surface area (Å²) in [5.74, 6) is 0. The van der Waals surface area contributed by atoms with Gasteiger partial charge < -0.3 is 10.1 Å². The lowest BCUT2D eigenvalue weighted by Gasteiger charge is -2.19. The minimum atomic E-state index is -0.489. The van der Waals surface area contributed by atoms with Crippen LogP contribution in [0.2, 0.25) is 5.02 Å². The Morgan fingerprint density at radius 2 is 1.91 bits per heavy atom. The highest BCUT2D eigenvalue weighted by atomic mass is 35.5. The number of ether oxygens (including phenoxy) is 1. The molecular weight excluding hydrogens is 298 g/mol. The molecule has 0 heterocycles. The summed E-state index contributed by atoms with van der Waals surface area (Å²) in [5.41, 5.74) is 0.533. The Labute approximate surface area is 135 Å². The summed E-state index contributed by atoms with van der Waals surface area (Å²) < 4.78 is 5.17. The van der Waals surface area contributed by atoms with Crippen molar-refractivity contribution < 1.29 is 9.53 Å². The van der Waals surface area contributed by atoms with Crippen LogP contribution < -0.4 is 5.32 Å². The fourth-order valence-corrected chi connectivity index (χ4v) is 2.40. The number of alkyl carbamates (subject to hydrolysis) is 1. The molecule has 0 atom stereocenters. The van der Waals surface area contributed by atoms with Crippen LogP contribution in [-0.2, 0) is 4.74 Å². The highest BCUT2D eigenvalue weighted by Gasteiger charge is 2.14. The summed E-state index contributed by atoms with van der Waals surface area (Å²) >= 11 is 6.27. The molecule has 0 spiro atoms. The first-order valence-electron chi connectivity index (χ1n) is 7.17. The van der Waals surface area contributed by atoms with Crippen LogP contribution in [0, 0.1) is 0 Å². The minimum Gasteiger partial charge on any atom is -0.444 e. The second-order valence-corrected chi connectivity index (χ2v) is 6.38. The van der Waals surface area contributed by atoms with Crippen molar-refractivity contribution >= 4 is 34.5 Å². The number of carbonyl (C=O) groups excluding carboxylic acids is 1. The van der Waals surface area contributed by atoms with Gasteiger partial charge in [0.1, 0.15) is 5.60 Å². The van der Waals surface area contributed by atoms with E-state index in [1.54, 1.807) is 0 Å². The fourth-order valence-electron chi connectivity index (χ4n) is 2.10. The maximum Gasteiger partial charge on any atom is 0.407 e. The Hall–Kier alpha value is -2.00. The van der Waals surface area contributed by atoms with E-state index in [4.69, 9.17) is 16.3 Å². The van der Waals surface area contributed by atoms with Crippen molar-refractivity contribution in [1.29, 1.82) is 0 Å². The van der Waals surface area contributed by atoms with E-state index in [-0.39, 0.29) is 0 Å². The van der Waals surface area contributed by atoms with E-state index in [9.17, 15) is 4.79 Å². The molecule has 4 heteroatoms. The van der Waals surface area contributed by atoms with Crippen molar-refractivity contribution in [3.63, 3.8) is 0 Å². The first-order chi connectivity index (χ1) is 10.4. The Morgan fingerprint density at radius 1 is 1.23 bits per heavy atom. The molecule has 0 aliphatic carbocycles. The lowest BCUT2D eigenvalue weighted by molar-refractivity contribution is 0.0534. The van der Waals surface area contributed by atoms with Crippen LogP contribution in [0.3, 0.4) is 0 Å². The van der Waals surface area contributed by atoms with Crippen molar-refractivity contribution in [1.82, 2.24) is 5.32 Å². The van der Waals surface area contributed by atoms with Gasteiger partial charge in [-0.3, -0.25) is 0 Å². The molecule has 0 aliphatic rings. The SMILES string of the molecule is CC(C)(C)OC(=O)NCC=Cc1cccc2cccc(Cl)c12. The molecule has 116 valence electrons. The van der Waals surface area contributed by atoms with Crippen LogP contribution in [0.25, 0.3) is 16.8 Å². The molecule has 0 fully saturated rings. The van der Waals surface area contributed by atoms with Gasteiger partial charge in [-0.05, 0) is 37.8 Å². The average molecular weight is 318 g/mol. The first-order valence-corrected chi connectivity index (χ1v) is 7.55. The second-order valence-electron chi connectivity index (χ2n) is 5.97. The monoisotopic (exact) mass is 317 g/mol. The van der Waals surface area contributed by atoms with Crippen LogP contribution in [0.1, 0.15) is 26.3 Å². The van der Waals surface area contributed by atoms with Crippen LogP contribution in [0.4, 0.5) is 4.79 Å². The molecule has 1 N–H and O–H groups in total. The van der Waals surface area contributed by atoms with E-state index in [0.717, 1.165) is 21.4 Å². The smallest absolute Gasteiger partial charge is 0.407 e. The summed E-state index contributed by atoms with van der Waals surface area (Å²) in [6.45, 7) is 5.90. The van der Waals surface area contributed by atoms with Crippen LogP contribution >= 0.6 is 11.6 Å². The zero-order chi connectivity index (χ0) is 16.2. The lowest BCUT2D eigenvalue weighted by Crippen LogP contribution is -2.32. The number of rotatable bonds is 3. The second kappa shape index (κ2) is 6.84. The van der Waals surface area contributed by atoms with Gasteiger partial charge >= 0.3 is 6.09 Å². The van der Waals surface area contributed by atoms with Crippen LogP contribution in [0.5, 0.6) is 0 Å². The van der Waals surface area contributed by atoms with E-state index >= 15 is 0 Å². The van der Waals surface area contributed by atoms with Crippen molar-refractivity contribution in [3.05, 3.63) is 53.1 Å². The van der Waals surface area contributed by atoms with Gasteiger partial charge in [0.15, 0.2) is 0 Å². The molecule has 1 amide bonds. The molecule has 22 heavy (non-hydrogen) atoms. The number of fused-ring (bicyclic) bond motifs is 1. The van der Waals surface area contributed by atoms with E-state index < -0.39 is 11.7 Å². The molecule has 3 nitrogen and oxygen atoms in total. The zero-order valence-electron chi connectivity index (χ0n) is 13.0. The molecule has 0 saturated heterocycles. The van der Waals surface area contributed by atoms with Gasteiger partial charge in [0.05, 0.1) is 0 Å².